The van der Waals surface area contributed by atoms with E-state index in [4.69, 9.17) is 4.84 Å². The molecule has 3 aromatic rings. The predicted octanol–water partition coefficient (Wildman–Crippen LogP) is 2.27. The summed E-state index contributed by atoms with van der Waals surface area (Å²) >= 11 is 0. The highest BCUT2D eigenvalue weighted by Gasteiger charge is 2.36. The summed E-state index contributed by atoms with van der Waals surface area (Å²) in [5.41, 5.74) is 2.33. The van der Waals surface area contributed by atoms with E-state index in [1.807, 2.05) is 35.2 Å². The van der Waals surface area contributed by atoms with Crippen molar-refractivity contribution in [2.24, 2.45) is 5.92 Å². The van der Waals surface area contributed by atoms with Gasteiger partial charge >= 0.3 is 5.97 Å². The number of pyridine rings is 2. The number of carbonyl (C=O) groups excluding carboxylic acids is 5. The van der Waals surface area contributed by atoms with E-state index < -0.39 is 51.2 Å². The van der Waals surface area contributed by atoms with Crippen LogP contribution in [0.1, 0.15) is 51.4 Å². The van der Waals surface area contributed by atoms with Crippen molar-refractivity contribution in [3.63, 3.8) is 0 Å². The van der Waals surface area contributed by atoms with Crippen LogP contribution in [0.5, 0.6) is 0 Å². The molecule has 2 saturated heterocycles. The Hall–Kier alpha value is -4.46. The van der Waals surface area contributed by atoms with Crippen molar-refractivity contribution in [1.82, 2.24) is 20.3 Å². The highest BCUT2D eigenvalue weighted by molar-refractivity contribution is 7.90. The van der Waals surface area contributed by atoms with Gasteiger partial charge in [-0.3, -0.25) is 29.1 Å². The second-order valence-electron chi connectivity index (χ2n) is 11.5. The third kappa shape index (κ3) is 7.62. The molecule has 238 valence electrons. The van der Waals surface area contributed by atoms with Gasteiger partial charge in [0, 0.05) is 73.9 Å². The number of amides is 3. The second-order valence-corrected chi connectivity index (χ2v) is 13.7. The van der Waals surface area contributed by atoms with Crippen LogP contribution in [0, 0.1) is 5.92 Å². The molecule has 5 rings (SSSR count). The van der Waals surface area contributed by atoms with Crippen LogP contribution in [0.2, 0.25) is 0 Å². The minimum Gasteiger partial charge on any atom is -0.361 e. The standard InChI is InChI=1S/C31H35N5O8S/c1-45(42,43)19-21(31(41)34-13-3-2-10-28(40)44-36-26(38)11-12-27(36)39)18-25(37)23-9-6-16-35(23)24-17-20-7-4-14-32-29(20)30-22(24)8-5-15-33-30/h4-5,7-8,14-15,17,21,23H,2-3,6,9-13,16,18-19H2,1H3,(H,34,41). The fraction of sp³-hybridized carbons (Fsp3) is 0.452. The van der Waals surface area contributed by atoms with Crippen molar-refractivity contribution in [1.29, 1.82) is 0 Å². The molecule has 2 unspecified atom stereocenters. The maximum Gasteiger partial charge on any atom is 0.333 e. The summed E-state index contributed by atoms with van der Waals surface area (Å²) in [4.78, 5) is 77.9. The van der Waals surface area contributed by atoms with Gasteiger partial charge in [0.2, 0.25) is 5.91 Å². The zero-order chi connectivity index (χ0) is 32.1. The lowest BCUT2D eigenvalue weighted by Crippen LogP contribution is -2.41. The second kappa shape index (κ2) is 13.7. The number of rotatable bonds is 13. The number of benzene rings is 1. The molecule has 2 fully saturated rings. The van der Waals surface area contributed by atoms with E-state index in [0.29, 0.717) is 30.9 Å². The smallest absolute Gasteiger partial charge is 0.333 e. The van der Waals surface area contributed by atoms with Gasteiger partial charge in [0.05, 0.1) is 28.7 Å². The summed E-state index contributed by atoms with van der Waals surface area (Å²) in [6.07, 6.45) is 6.12. The van der Waals surface area contributed by atoms with E-state index in [-0.39, 0.29) is 38.0 Å². The van der Waals surface area contributed by atoms with Gasteiger partial charge in [-0.05, 0) is 49.9 Å². The molecule has 3 amide bonds. The first-order chi connectivity index (χ1) is 21.5. The van der Waals surface area contributed by atoms with E-state index in [0.717, 1.165) is 40.2 Å². The van der Waals surface area contributed by atoms with Crippen molar-refractivity contribution in [2.45, 2.75) is 57.4 Å². The van der Waals surface area contributed by atoms with Gasteiger partial charge in [-0.25, -0.2) is 13.2 Å². The Morgan fingerprint density at radius 1 is 1.04 bits per heavy atom. The first-order valence-electron chi connectivity index (χ1n) is 15.0. The summed E-state index contributed by atoms with van der Waals surface area (Å²) in [6, 6.07) is 9.02. The molecule has 0 aliphatic carbocycles. The summed E-state index contributed by atoms with van der Waals surface area (Å²) in [5.74, 6) is -4.19. The van der Waals surface area contributed by atoms with Crippen molar-refractivity contribution in [2.75, 3.05) is 30.0 Å². The number of sulfone groups is 1. The number of imide groups is 1. The van der Waals surface area contributed by atoms with Gasteiger partial charge in [-0.15, -0.1) is 5.06 Å². The monoisotopic (exact) mass is 637 g/mol. The van der Waals surface area contributed by atoms with Crippen molar-refractivity contribution >= 4 is 66.8 Å². The Balaban J connectivity index is 1.21. The molecule has 0 saturated carbocycles. The number of hydroxylamine groups is 2. The Bertz CT molecular complexity index is 1750. The topological polar surface area (TPSA) is 173 Å². The van der Waals surface area contributed by atoms with Crippen LogP contribution in [0.3, 0.4) is 0 Å². The van der Waals surface area contributed by atoms with Gasteiger partial charge < -0.3 is 15.1 Å². The molecule has 1 aromatic carbocycles. The maximum atomic E-state index is 13.7. The van der Waals surface area contributed by atoms with E-state index in [1.165, 1.54) is 0 Å². The Kier molecular flexibility index (Phi) is 9.71. The van der Waals surface area contributed by atoms with Gasteiger partial charge in [0.15, 0.2) is 5.78 Å². The number of hydrogen-bond donors (Lipinski definition) is 1. The summed E-state index contributed by atoms with van der Waals surface area (Å²) < 4.78 is 24.5. The number of carbonyl (C=O) groups is 5. The molecule has 0 bridgehead atoms. The quantitative estimate of drug-likeness (QED) is 0.165. The number of Topliss-reactive ketones (excluding diaryl/α,β-unsaturated/α-hetero) is 1. The van der Waals surface area contributed by atoms with Crippen LogP contribution in [0.4, 0.5) is 5.69 Å². The van der Waals surface area contributed by atoms with Gasteiger partial charge in [0.25, 0.3) is 11.8 Å². The first-order valence-corrected chi connectivity index (χ1v) is 17.0. The Morgan fingerprint density at radius 3 is 2.49 bits per heavy atom. The number of unbranched alkanes of at least 4 members (excludes halogenated alkanes) is 1. The fourth-order valence-electron chi connectivity index (χ4n) is 5.91. The van der Waals surface area contributed by atoms with Crippen molar-refractivity contribution in [3.05, 3.63) is 42.7 Å². The minimum absolute atomic E-state index is 0.00359. The van der Waals surface area contributed by atoms with Crippen LogP contribution >= 0.6 is 0 Å². The van der Waals surface area contributed by atoms with Crippen LogP contribution in [0.25, 0.3) is 21.8 Å². The normalized spacial score (nSPS) is 17.7. The van der Waals surface area contributed by atoms with Crippen molar-refractivity contribution < 1.29 is 37.2 Å². The third-order valence-corrected chi connectivity index (χ3v) is 9.01. The van der Waals surface area contributed by atoms with Crippen LogP contribution < -0.4 is 10.2 Å². The van der Waals surface area contributed by atoms with Crippen LogP contribution in [-0.2, 0) is 38.6 Å². The van der Waals surface area contributed by atoms with E-state index in [1.54, 1.807) is 12.4 Å². The molecule has 14 heteroatoms. The zero-order valence-corrected chi connectivity index (χ0v) is 25.8. The number of hydrogen-bond acceptors (Lipinski definition) is 11. The predicted molar refractivity (Wildman–Crippen MR) is 164 cm³/mol. The van der Waals surface area contributed by atoms with Gasteiger partial charge in [-0.1, -0.05) is 6.07 Å². The average molecular weight is 638 g/mol. The molecule has 4 heterocycles. The molecule has 13 nitrogen and oxygen atoms in total. The van der Waals surface area contributed by atoms with E-state index in [2.05, 4.69) is 15.3 Å². The van der Waals surface area contributed by atoms with E-state index in [9.17, 15) is 32.4 Å². The lowest BCUT2D eigenvalue weighted by Gasteiger charge is -2.28. The summed E-state index contributed by atoms with van der Waals surface area (Å²) in [6.45, 7) is 0.763. The molecule has 2 aliphatic heterocycles. The molecule has 2 aliphatic rings. The maximum absolute atomic E-state index is 13.7. The van der Waals surface area contributed by atoms with Crippen LogP contribution in [-0.4, -0.2) is 84.1 Å². The summed E-state index contributed by atoms with van der Waals surface area (Å²) in [7, 11) is -3.59. The number of aromatic nitrogens is 2. The SMILES string of the molecule is CS(=O)(=O)CC(CC(=O)C1CCCN1c1cc2cccnc2c2ncccc12)C(=O)NCCCCC(=O)ON1C(=O)CCC1=O. The summed E-state index contributed by atoms with van der Waals surface area (Å²) in [5, 5.41) is 4.92. The zero-order valence-electron chi connectivity index (χ0n) is 24.9. The molecule has 2 atom stereocenters. The molecular weight excluding hydrogens is 602 g/mol. The molecule has 0 spiro atoms. The molecule has 45 heavy (non-hydrogen) atoms. The molecular formula is C31H35N5O8S. The Morgan fingerprint density at radius 2 is 1.76 bits per heavy atom. The largest absolute Gasteiger partial charge is 0.361 e. The number of nitrogens with one attached hydrogen (secondary N) is 1. The van der Waals surface area contributed by atoms with Crippen molar-refractivity contribution in [3.8, 4) is 0 Å². The highest BCUT2D eigenvalue weighted by atomic mass is 32.2. The number of nitrogens with zero attached hydrogens (tertiary/aromatic N) is 4. The Labute approximate surface area is 260 Å². The highest BCUT2D eigenvalue weighted by Crippen LogP contribution is 2.36. The lowest BCUT2D eigenvalue weighted by molar-refractivity contribution is -0.197. The number of fused-ring (bicyclic) bond motifs is 3. The third-order valence-electron chi connectivity index (χ3n) is 8.00. The minimum atomic E-state index is -3.59. The number of anilines is 1. The van der Waals surface area contributed by atoms with Gasteiger partial charge in [0.1, 0.15) is 9.84 Å². The molecule has 0 radical (unpaired) electrons. The molecule has 1 N–H and O–H groups in total. The molecule has 2 aromatic heterocycles. The van der Waals surface area contributed by atoms with Crippen LogP contribution in [0.15, 0.2) is 42.7 Å². The lowest BCUT2D eigenvalue weighted by atomic mass is 9.97. The van der Waals surface area contributed by atoms with E-state index >= 15 is 0 Å². The first kappa shape index (κ1) is 31.9. The fourth-order valence-corrected chi connectivity index (χ4v) is 6.91. The average Bonchev–Trinajstić information content (AvgIpc) is 3.62. The number of ketones is 1. The van der Waals surface area contributed by atoms with Gasteiger partial charge in [-0.2, -0.15) is 0 Å².